The fraction of sp³-hybridized carbons (Fsp3) is 0.143. The monoisotopic (exact) mass is 421 g/mol. The van der Waals surface area contributed by atoms with Crippen LogP contribution in [-0.2, 0) is 4.79 Å². The van der Waals surface area contributed by atoms with Crippen LogP contribution in [0, 0.1) is 10.1 Å². The van der Waals surface area contributed by atoms with Gasteiger partial charge in [0.05, 0.1) is 10.6 Å². The SMILES string of the molecule is O=C(CCCNc1ccc([N+](=O)[O-])cc1)Nc1ccc(-c2cn3ccsc3n2)cc1. The van der Waals surface area contributed by atoms with Crippen LogP contribution in [0.15, 0.2) is 66.3 Å². The van der Waals surface area contributed by atoms with E-state index in [2.05, 4.69) is 15.6 Å². The molecule has 4 rings (SSSR count). The second-order valence-electron chi connectivity index (χ2n) is 6.68. The number of non-ortho nitro benzene ring substituents is 1. The molecule has 2 N–H and O–H groups in total. The average molecular weight is 421 g/mol. The smallest absolute Gasteiger partial charge is 0.269 e. The molecule has 0 aliphatic rings. The van der Waals surface area contributed by atoms with E-state index in [1.54, 1.807) is 23.5 Å². The van der Waals surface area contributed by atoms with E-state index in [4.69, 9.17) is 0 Å². The van der Waals surface area contributed by atoms with Gasteiger partial charge in [0.1, 0.15) is 0 Å². The number of thiazole rings is 1. The van der Waals surface area contributed by atoms with Crippen molar-refractivity contribution >= 4 is 39.3 Å². The molecule has 0 radical (unpaired) electrons. The summed E-state index contributed by atoms with van der Waals surface area (Å²) in [5, 5.41) is 18.7. The van der Waals surface area contributed by atoms with Crippen LogP contribution in [0.5, 0.6) is 0 Å². The normalized spacial score (nSPS) is 10.8. The Hall–Kier alpha value is -3.72. The maximum Gasteiger partial charge on any atom is 0.269 e. The molecule has 152 valence electrons. The van der Waals surface area contributed by atoms with Crippen molar-refractivity contribution in [2.75, 3.05) is 17.2 Å². The van der Waals surface area contributed by atoms with Gasteiger partial charge in [0.15, 0.2) is 4.96 Å². The van der Waals surface area contributed by atoms with Crippen LogP contribution in [0.1, 0.15) is 12.8 Å². The largest absolute Gasteiger partial charge is 0.385 e. The van der Waals surface area contributed by atoms with Crippen molar-refractivity contribution in [2.45, 2.75) is 12.8 Å². The van der Waals surface area contributed by atoms with Gasteiger partial charge in [-0.3, -0.25) is 19.3 Å². The van der Waals surface area contributed by atoms with E-state index in [1.165, 1.54) is 12.1 Å². The van der Waals surface area contributed by atoms with Crippen LogP contribution < -0.4 is 10.6 Å². The number of carbonyl (C=O) groups excluding carboxylic acids is 1. The number of carbonyl (C=O) groups is 1. The minimum atomic E-state index is -0.432. The number of imidazole rings is 1. The predicted molar refractivity (Wildman–Crippen MR) is 118 cm³/mol. The standard InChI is InChI=1S/C21H19N5O3S/c27-20(2-1-11-22-16-7-9-18(10-8-16)26(28)29)23-17-5-3-15(4-6-17)19-14-25-12-13-30-21(25)24-19/h3-10,12-14,22H,1-2,11H2,(H,23,27). The lowest BCUT2D eigenvalue weighted by molar-refractivity contribution is -0.384. The number of nitro groups is 1. The molecule has 2 heterocycles. The number of nitrogens with one attached hydrogen (secondary N) is 2. The van der Waals surface area contributed by atoms with Gasteiger partial charge < -0.3 is 10.6 Å². The van der Waals surface area contributed by atoms with Gasteiger partial charge in [-0.2, -0.15) is 0 Å². The summed E-state index contributed by atoms with van der Waals surface area (Å²) >= 11 is 1.59. The van der Waals surface area contributed by atoms with Crippen molar-refractivity contribution in [3.8, 4) is 11.3 Å². The first-order valence-electron chi connectivity index (χ1n) is 9.39. The second kappa shape index (κ2) is 8.75. The molecular formula is C21H19N5O3S. The van der Waals surface area contributed by atoms with Gasteiger partial charge in [-0.05, 0) is 30.7 Å². The molecule has 8 nitrogen and oxygen atoms in total. The third kappa shape index (κ3) is 4.64. The van der Waals surface area contributed by atoms with E-state index in [0.29, 0.717) is 19.4 Å². The van der Waals surface area contributed by atoms with Crippen LogP contribution in [0.2, 0.25) is 0 Å². The van der Waals surface area contributed by atoms with Gasteiger partial charge >= 0.3 is 0 Å². The lowest BCUT2D eigenvalue weighted by Crippen LogP contribution is -2.13. The zero-order valence-electron chi connectivity index (χ0n) is 15.9. The number of fused-ring (bicyclic) bond motifs is 1. The molecule has 4 aromatic rings. The lowest BCUT2D eigenvalue weighted by atomic mass is 10.1. The van der Waals surface area contributed by atoms with E-state index in [0.717, 1.165) is 27.6 Å². The van der Waals surface area contributed by atoms with Crippen LogP contribution in [0.3, 0.4) is 0 Å². The molecule has 0 atom stereocenters. The summed E-state index contributed by atoms with van der Waals surface area (Å²) in [5.74, 6) is -0.0595. The van der Waals surface area contributed by atoms with E-state index in [9.17, 15) is 14.9 Å². The van der Waals surface area contributed by atoms with Crippen molar-refractivity contribution in [1.82, 2.24) is 9.38 Å². The number of nitro benzene ring substituents is 1. The van der Waals surface area contributed by atoms with Crippen molar-refractivity contribution in [2.24, 2.45) is 0 Å². The number of nitrogens with zero attached hydrogens (tertiary/aromatic N) is 3. The van der Waals surface area contributed by atoms with Crippen LogP contribution >= 0.6 is 11.3 Å². The summed E-state index contributed by atoms with van der Waals surface area (Å²) in [4.78, 5) is 27.9. The highest BCUT2D eigenvalue weighted by Gasteiger charge is 2.07. The minimum Gasteiger partial charge on any atom is -0.385 e. The van der Waals surface area contributed by atoms with Gasteiger partial charge in [-0.1, -0.05) is 12.1 Å². The number of anilines is 2. The lowest BCUT2D eigenvalue weighted by Gasteiger charge is -2.08. The Balaban J connectivity index is 1.23. The second-order valence-corrected chi connectivity index (χ2v) is 7.55. The summed E-state index contributed by atoms with van der Waals surface area (Å²) in [6.07, 6.45) is 4.98. The number of aromatic nitrogens is 2. The van der Waals surface area contributed by atoms with Gasteiger partial charge in [0, 0.05) is 59.8 Å². The van der Waals surface area contributed by atoms with Crippen LogP contribution in [-0.4, -0.2) is 26.8 Å². The molecule has 0 aliphatic heterocycles. The van der Waals surface area contributed by atoms with E-state index >= 15 is 0 Å². The van der Waals surface area contributed by atoms with Gasteiger partial charge in [-0.15, -0.1) is 11.3 Å². The summed E-state index contributed by atoms with van der Waals surface area (Å²) in [7, 11) is 0. The third-order valence-corrected chi connectivity index (χ3v) is 5.32. The molecule has 2 aromatic carbocycles. The number of rotatable bonds is 8. The number of hydrogen-bond acceptors (Lipinski definition) is 6. The molecule has 0 saturated heterocycles. The molecule has 1 amide bonds. The highest BCUT2D eigenvalue weighted by molar-refractivity contribution is 7.15. The van der Waals surface area contributed by atoms with E-state index in [1.807, 2.05) is 46.4 Å². The van der Waals surface area contributed by atoms with Crippen LogP contribution in [0.4, 0.5) is 17.1 Å². The van der Waals surface area contributed by atoms with Gasteiger partial charge in [0.25, 0.3) is 5.69 Å². The third-order valence-electron chi connectivity index (χ3n) is 4.55. The topological polar surface area (TPSA) is 102 Å². The quantitative estimate of drug-likeness (QED) is 0.242. The zero-order valence-corrected chi connectivity index (χ0v) is 16.8. The Kier molecular flexibility index (Phi) is 5.71. The molecule has 30 heavy (non-hydrogen) atoms. The van der Waals surface area contributed by atoms with Crippen molar-refractivity contribution in [3.05, 3.63) is 76.4 Å². The summed E-state index contributed by atoms with van der Waals surface area (Å²) < 4.78 is 1.99. The maximum absolute atomic E-state index is 12.2. The summed E-state index contributed by atoms with van der Waals surface area (Å²) in [6, 6.07) is 13.8. The highest BCUT2D eigenvalue weighted by Crippen LogP contribution is 2.23. The minimum absolute atomic E-state index is 0.0543. The molecule has 0 bridgehead atoms. The zero-order chi connectivity index (χ0) is 20.9. The molecule has 9 heteroatoms. The number of amides is 1. The first-order chi connectivity index (χ1) is 14.6. The molecular weight excluding hydrogens is 402 g/mol. The average Bonchev–Trinajstić information content (AvgIpc) is 3.34. The Morgan fingerprint density at radius 3 is 2.53 bits per heavy atom. The Morgan fingerprint density at radius 1 is 1.10 bits per heavy atom. The predicted octanol–water partition coefficient (Wildman–Crippen LogP) is 4.80. The van der Waals surface area contributed by atoms with E-state index < -0.39 is 4.92 Å². The fourth-order valence-corrected chi connectivity index (χ4v) is 3.70. The van der Waals surface area contributed by atoms with Crippen molar-refractivity contribution in [1.29, 1.82) is 0 Å². The number of benzene rings is 2. The molecule has 0 spiro atoms. The Morgan fingerprint density at radius 2 is 1.83 bits per heavy atom. The molecule has 2 aromatic heterocycles. The Bertz CT molecular complexity index is 1140. The molecule has 0 saturated carbocycles. The summed E-state index contributed by atoms with van der Waals surface area (Å²) in [6.45, 7) is 0.599. The van der Waals surface area contributed by atoms with Gasteiger partial charge in [-0.25, -0.2) is 4.98 Å². The highest BCUT2D eigenvalue weighted by atomic mass is 32.1. The first-order valence-corrected chi connectivity index (χ1v) is 10.3. The van der Waals surface area contributed by atoms with Gasteiger partial charge in [0.2, 0.25) is 5.91 Å². The van der Waals surface area contributed by atoms with Crippen molar-refractivity contribution in [3.63, 3.8) is 0 Å². The Labute approximate surface area is 176 Å². The molecule has 0 fully saturated rings. The maximum atomic E-state index is 12.2. The fourth-order valence-electron chi connectivity index (χ4n) is 3.00. The number of hydrogen-bond donors (Lipinski definition) is 2. The molecule has 0 unspecified atom stereocenters. The first kappa shape index (κ1) is 19.6. The van der Waals surface area contributed by atoms with E-state index in [-0.39, 0.29) is 11.6 Å². The van der Waals surface area contributed by atoms with Crippen molar-refractivity contribution < 1.29 is 9.72 Å². The molecule has 0 aliphatic carbocycles. The van der Waals surface area contributed by atoms with Crippen LogP contribution in [0.25, 0.3) is 16.2 Å². The summed E-state index contributed by atoms with van der Waals surface area (Å²) in [5.41, 5.74) is 3.48.